The maximum atomic E-state index is 11.6. The Hall–Kier alpha value is -0.834. The van der Waals surface area contributed by atoms with Gasteiger partial charge in [0.25, 0.3) is 0 Å². The van der Waals surface area contributed by atoms with Crippen LogP contribution in [0.4, 0.5) is 0 Å². The number of nitrogens with zero attached hydrogens (tertiary/aromatic N) is 4. The predicted molar refractivity (Wildman–Crippen MR) is 146 cm³/mol. The molecule has 2 aromatic rings. The molecule has 0 saturated carbocycles. The second-order valence-electron chi connectivity index (χ2n) is 7.44. The van der Waals surface area contributed by atoms with Gasteiger partial charge in [-0.2, -0.15) is 0 Å². The molecule has 7 nitrogen and oxygen atoms in total. The summed E-state index contributed by atoms with van der Waals surface area (Å²) in [7, 11) is 7.92. The van der Waals surface area contributed by atoms with Crippen molar-refractivity contribution in [1.29, 1.82) is 0 Å². The molecule has 2 N–H and O–H groups in total. The van der Waals surface area contributed by atoms with Crippen LogP contribution >= 0.6 is 50.5 Å². The molecule has 0 heterocycles. The molecule has 0 aliphatic carbocycles. The summed E-state index contributed by atoms with van der Waals surface area (Å²) >= 11 is 16.5. The molecule has 0 bridgehead atoms. The minimum Gasteiger partial charge on any atom is -0.871 e. The molecule has 2 rings (SSSR count). The second kappa shape index (κ2) is 18.4. The van der Waals surface area contributed by atoms with Crippen LogP contribution in [0.1, 0.15) is 11.1 Å². The molecule has 1 radical (unpaired) electrons. The molecule has 191 valence electrons. The Morgan fingerprint density at radius 1 is 0.706 bits per heavy atom. The average molecular weight is 588 g/mol. The maximum absolute atomic E-state index is 11.6. The maximum Gasteiger partial charge on any atom is 2.00 e. The van der Waals surface area contributed by atoms with E-state index in [1.54, 1.807) is 36.7 Å². The standard InChI is InChI=1S/2C11H16N2OS2.Co.H2O/c2*1-13(2)4-3-12-7-8-5-9(15)6-10(16)11(8)14;;/h2*5-7,14-16H,3-4H2,1-2H3;;1H2/q;;+2;/p-2. The van der Waals surface area contributed by atoms with Crippen LogP contribution in [0.25, 0.3) is 0 Å². The Kier molecular flexibility index (Phi) is 19.2. The van der Waals surface area contributed by atoms with Crippen LogP contribution in [0, 0.1) is 0 Å². The zero-order valence-corrected chi connectivity index (χ0v) is 24.1. The summed E-state index contributed by atoms with van der Waals surface area (Å²) < 4.78 is 0. The first-order chi connectivity index (χ1) is 15.0. The first-order valence-electron chi connectivity index (χ1n) is 9.76. The van der Waals surface area contributed by atoms with Gasteiger partial charge in [0.1, 0.15) is 0 Å². The number of likely N-dealkylation sites (N-methyl/N-ethyl adjacent to an activating group) is 2. The van der Waals surface area contributed by atoms with Crippen molar-refractivity contribution in [3.63, 3.8) is 0 Å². The molecule has 2 aromatic carbocycles. The summed E-state index contributed by atoms with van der Waals surface area (Å²) in [6.45, 7) is 3.06. The van der Waals surface area contributed by atoms with Crippen LogP contribution in [0.2, 0.25) is 0 Å². The minimum absolute atomic E-state index is 0. The van der Waals surface area contributed by atoms with Crippen LogP contribution < -0.4 is 10.2 Å². The number of thiol groups is 4. The molecule has 12 heteroatoms. The zero-order chi connectivity index (χ0) is 24.3. The van der Waals surface area contributed by atoms with Crippen molar-refractivity contribution in [2.75, 3.05) is 54.4 Å². The van der Waals surface area contributed by atoms with Crippen LogP contribution in [-0.4, -0.2) is 82.1 Å². The third-order valence-electron chi connectivity index (χ3n) is 3.98. The molecule has 0 spiro atoms. The minimum atomic E-state index is -0.102. The van der Waals surface area contributed by atoms with Gasteiger partial charge in [-0.05, 0) is 73.4 Å². The zero-order valence-electron chi connectivity index (χ0n) is 19.5. The Morgan fingerprint density at radius 3 is 1.32 bits per heavy atom. The third kappa shape index (κ3) is 13.9. The Morgan fingerprint density at radius 2 is 1.03 bits per heavy atom. The first kappa shape index (κ1) is 35.3. The van der Waals surface area contributed by atoms with E-state index in [2.05, 4.69) is 60.5 Å². The van der Waals surface area contributed by atoms with Crippen molar-refractivity contribution >= 4 is 62.9 Å². The fraction of sp³-hybridized carbons (Fsp3) is 0.364. The van der Waals surface area contributed by atoms with Gasteiger partial charge in [-0.15, -0.1) is 50.5 Å². The van der Waals surface area contributed by atoms with Gasteiger partial charge in [0.15, 0.2) is 0 Å². The summed E-state index contributed by atoms with van der Waals surface area (Å²) in [5, 5.41) is 23.3. The fourth-order valence-electron chi connectivity index (χ4n) is 2.27. The molecule has 0 aliphatic heterocycles. The Bertz CT molecular complexity index is 869. The number of hydrogen-bond acceptors (Lipinski definition) is 10. The van der Waals surface area contributed by atoms with E-state index in [4.69, 9.17) is 0 Å². The SMILES string of the molecule is CN(C)CCN=Cc1cc(S)cc(S)c1[O-].CN(C)CCN=Cc1cc(S)cc(S)c1[O-].O.[Co+2]. The van der Waals surface area contributed by atoms with E-state index in [0.717, 1.165) is 22.9 Å². The fourth-order valence-corrected chi connectivity index (χ4v) is 3.55. The number of rotatable bonds is 8. The third-order valence-corrected chi connectivity index (χ3v) is 5.16. The Labute approximate surface area is 234 Å². The van der Waals surface area contributed by atoms with E-state index in [-0.39, 0.29) is 33.8 Å². The van der Waals surface area contributed by atoms with Crippen molar-refractivity contribution in [2.24, 2.45) is 9.98 Å². The quantitative estimate of drug-likeness (QED) is 0.279. The summed E-state index contributed by atoms with van der Waals surface area (Å²) in [5.74, 6) is -0.204. The molecule has 0 amide bonds. The molecule has 0 atom stereocenters. The van der Waals surface area contributed by atoms with Crippen molar-refractivity contribution in [3.8, 4) is 11.5 Å². The summed E-state index contributed by atoms with van der Waals surface area (Å²) in [6, 6.07) is 6.66. The van der Waals surface area contributed by atoms with E-state index < -0.39 is 0 Å². The van der Waals surface area contributed by atoms with Gasteiger partial charge in [-0.25, -0.2) is 0 Å². The first-order valence-corrected chi connectivity index (χ1v) is 11.5. The van der Waals surface area contributed by atoms with E-state index >= 15 is 0 Å². The number of hydrogen-bond donors (Lipinski definition) is 4. The van der Waals surface area contributed by atoms with Crippen LogP contribution in [0.5, 0.6) is 11.5 Å². The monoisotopic (exact) mass is 587 g/mol. The Balaban J connectivity index is 0. The van der Waals surface area contributed by atoms with Gasteiger partial charge < -0.3 is 25.5 Å². The normalized spacial score (nSPS) is 10.9. The van der Waals surface area contributed by atoms with E-state index in [1.165, 1.54) is 0 Å². The van der Waals surface area contributed by atoms with Gasteiger partial charge in [0.2, 0.25) is 0 Å². The van der Waals surface area contributed by atoms with Crippen molar-refractivity contribution in [3.05, 3.63) is 35.4 Å². The van der Waals surface area contributed by atoms with Crippen LogP contribution in [0.15, 0.2) is 53.8 Å². The molecule has 0 unspecified atom stereocenters. The predicted octanol–water partition coefficient (Wildman–Crippen LogP) is 1.81. The molecular formula is C22H32CoN4O3S4. The molecule has 0 aromatic heterocycles. The van der Waals surface area contributed by atoms with Gasteiger partial charge >= 0.3 is 16.8 Å². The summed E-state index contributed by atoms with van der Waals surface area (Å²) in [6.07, 6.45) is 3.18. The average Bonchev–Trinajstić information content (AvgIpc) is 2.69. The van der Waals surface area contributed by atoms with Gasteiger partial charge in [-0.1, -0.05) is 11.5 Å². The van der Waals surface area contributed by atoms with E-state index in [0.29, 0.717) is 34.0 Å². The second-order valence-corrected chi connectivity index (χ2v) is 9.44. The van der Waals surface area contributed by atoms with Crippen LogP contribution in [0.3, 0.4) is 0 Å². The topological polar surface area (TPSA) is 109 Å². The van der Waals surface area contributed by atoms with E-state index in [9.17, 15) is 10.2 Å². The summed E-state index contributed by atoms with van der Waals surface area (Å²) in [4.78, 5) is 14.7. The molecule has 0 saturated heterocycles. The van der Waals surface area contributed by atoms with E-state index in [1.807, 2.05) is 38.0 Å². The van der Waals surface area contributed by atoms with Gasteiger partial charge in [0, 0.05) is 35.3 Å². The summed E-state index contributed by atoms with van der Waals surface area (Å²) in [5.41, 5.74) is 1.08. The molecular weight excluding hydrogens is 555 g/mol. The van der Waals surface area contributed by atoms with Crippen LogP contribution in [-0.2, 0) is 16.8 Å². The van der Waals surface area contributed by atoms with Crippen molar-refractivity contribution in [1.82, 2.24) is 9.80 Å². The molecule has 0 aliphatic rings. The molecule has 34 heavy (non-hydrogen) atoms. The largest absolute Gasteiger partial charge is 2.00 e. The van der Waals surface area contributed by atoms with Crippen molar-refractivity contribution in [2.45, 2.75) is 19.6 Å². The van der Waals surface area contributed by atoms with Gasteiger partial charge in [-0.3, -0.25) is 9.98 Å². The smallest absolute Gasteiger partial charge is 0.871 e. The number of benzene rings is 2. The van der Waals surface area contributed by atoms with Gasteiger partial charge in [0.05, 0.1) is 13.1 Å². The molecule has 0 fully saturated rings. The number of aliphatic imine (C=N–C) groups is 2. The van der Waals surface area contributed by atoms with Crippen molar-refractivity contribution < 1.29 is 32.5 Å².